The molecule has 0 amide bonds. The zero-order valence-corrected chi connectivity index (χ0v) is 13.3. The molecule has 0 unspecified atom stereocenters. The summed E-state index contributed by atoms with van der Waals surface area (Å²) in [7, 11) is 0. The highest BCUT2D eigenvalue weighted by molar-refractivity contribution is 6.29. The summed E-state index contributed by atoms with van der Waals surface area (Å²) in [6.45, 7) is 7.01. The van der Waals surface area contributed by atoms with Gasteiger partial charge < -0.3 is 9.47 Å². The molecule has 21 heavy (non-hydrogen) atoms. The number of halogens is 1. The van der Waals surface area contributed by atoms with Gasteiger partial charge in [0.2, 0.25) is 5.88 Å². The van der Waals surface area contributed by atoms with Gasteiger partial charge in [0.05, 0.1) is 13.2 Å². The molecule has 0 radical (unpaired) electrons. The number of benzene rings is 1. The molecule has 0 bridgehead atoms. The average Bonchev–Trinajstić information content (AvgIpc) is 2.42. The van der Waals surface area contributed by atoms with E-state index in [1.807, 2.05) is 32.9 Å². The van der Waals surface area contributed by atoms with Gasteiger partial charge in [-0.15, -0.1) is 0 Å². The van der Waals surface area contributed by atoms with E-state index < -0.39 is 0 Å². The van der Waals surface area contributed by atoms with Gasteiger partial charge in [0, 0.05) is 12.5 Å². The second-order valence-electron chi connectivity index (χ2n) is 4.75. The van der Waals surface area contributed by atoms with Crippen molar-refractivity contribution in [2.24, 2.45) is 0 Å². The minimum atomic E-state index is 0.384. The lowest BCUT2D eigenvalue weighted by atomic mass is 10.1. The SMILES string of the molecule is CCOc1cc(Cl)nc(CCOc2cc(C)ccc2C)n1. The zero-order valence-electron chi connectivity index (χ0n) is 12.5. The van der Waals surface area contributed by atoms with Crippen molar-refractivity contribution in [2.45, 2.75) is 27.2 Å². The topological polar surface area (TPSA) is 44.2 Å². The van der Waals surface area contributed by atoms with Crippen molar-refractivity contribution >= 4 is 11.6 Å². The van der Waals surface area contributed by atoms with Crippen LogP contribution in [0.2, 0.25) is 5.15 Å². The number of hydrogen-bond acceptors (Lipinski definition) is 4. The smallest absolute Gasteiger partial charge is 0.218 e. The molecule has 0 N–H and O–H groups in total. The van der Waals surface area contributed by atoms with Gasteiger partial charge >= 0.3 is 0 Å². The van der Waals surface area contributed by atoms with Crippen LogP contribution < -0.4 is 9.47 Å². The van der Waals surface area contributed by atoms with E-state index in [9.17, 15) is 0 Å². The molecule has 0 spiro atoms. The van der Waals surface area contributed by atoms with E-state index in [-0.39, 0.29) is 0 Å². The summed E-state index contributed by atoms with van der Waals surface area (Å²) >= 11 is 5.96. The summed E-state index contributed by atoms with van der Waals surface area (Å²) in [5.74, 6) is 2.01. The molecule has 112 valence electrons. The Bertz CT molecular complexity index is 617. The molecular formula is C16H19ClN2O2. The molecule has 0 aliphatic rings. The van der Waals surface area contributed by atoms with E-state index in [2.05, 4.69) is 16.0 Å². The number of hydrogen-bond donors (Lipinski definition) is 0. The van der Waals surface area contributed by atoms with Crippen LogP contribution in [-0.2, 0) is 6.42 Å². The maximum atomic E-state index is 5.96. The van der Waals surface area contributed by atoms with E-state index in [1.54, 1.807) is 6.07 Å². The Morgan fingerprint density at radius 1 is 1.10 bits per heavy atom. The minimum absolute atomic E-state index is 0.384. The van der Waals surface area contributed by atoms with Gasteiger partial charge in [-0.2, -0.15) is 4.98 Å². The van der Waals surface area contributed by atoms with Crippen LogP contribution in [0.4, 0.5) is 0 Å². The molecule has 1 aromatic heterocycles. The van der Waals surface area contributed by atoms with Crippen LogP contribution in [0.1, 0.15) is 23.9 Å². The summed E-state index contributed by atoms with van der Waals surface area (Å²) < 4.78 is 11.1. The fraction of sp³-hybridized carbons (Fsp3) is 0.375. The van der Waals surface area contributed by atoms with E-state index in [1.165, 1.54) is 5.56 Å². The van der Waals surface area contributed by atoms with Gasteiger partial charge in [0.15, 0.2) is 0 Å². The van der Waals surface area contributed by atoms with Crippen molar-refractivity contribution in [3.8, 4) is 11.6 Å². The molecule has 5 heteroatoms. The molecule has 0 saturated carbocycles. The molecule has 1 aromatic carbocycles. The largest absolute Gasteiger partial charge is 0.493 e. The van der Waals surface area contributed by atoms with Gasteiger partial charge in [-0.05, 0) is 38.0 Å². The Morgan fingerprint density at radius 2 is 1.90 bits per heavy atom. The lowest BCUT2D eigenvalue weighted by Gasteiger charge is -2.10. The molecule has 2 rings (SSSR count). The highest BCUT2D eigenvalue weighted by Gasteiger charge is 2.06. The zero-order chi connectivity index (χ0) is 15.2. The number of nitrogens with zero attached hydrogens (tertiary/aromatic N) is 2. The fourth-order valence-corrected chi connectivity index (χ4v) is 2.08. The molecule has 2 aromatic rings. The highest BCUT2D eigenvalue weighted by Crippen LogP contribution is 2.19. The summed E-state index contributed by atoms with van der Waals surface area (Å²) in [4.78, 5) is 8.48. The molecule has 0 atom stereocenters. The summed E-state index contributed by atoms with van der Waals surface area (Å²) in [5.41, 5.74) is 2.29. The van der Waals surface area contributed by atoms with Crippen molar-refractivity contribution in [2.75, 3.05) is 13.2 Å². The lowest BCUT2D eigenvalue weighted by molar-refractivity contribution is 0.309. The van der Waals surface area contributed by atoms with Crippen molar-refractivity contribution in [1.82, 2.24) is 9.97 Å². The summed E-state index contributed by atoms with van der Waals surface area (Å²) in [6, 6.07) is 7.75. The van der Waals surface area contributed by atoms with Crippen LogP contribution in [-0.4, -0.2) is 23.2 Å². The fourth-order valence-electron chi connectivity index (χ4n) is 1.89. The standard InChI is InChI=1S/C16H19ClN2O2/c1-4-20-16-10-14(17)18-15(19-16)7-8-21-13-9-11(2)5-6-12(13)3/h5-6,9-10H,4,7-8H2,1-3H3. The first kappa shape index (κ1) is 15.6. The number of aromatic nitrogens is 2. The lowest BCUT2D eigenvalue weighted by Crippen LogP contribution is -2.07. The Kier molecular flexibility index (Phi) is 5.39. The Hall–Kier alpha value is -1.81. The molecule has 0 fully saturated rings. The molecule has 4 nitrogen and oxygen atoms in total. The molecule has 0 saturated heterocycles. The maximum Gasteiger partial charge on any atom is 0.218 e. The van der Waals surface area contributed by atoms with Crippen molar-refractivity contribution < 1.29 is 9.47 Å². The maximum absolute atomic E-state index is 5.96. The van der Waals surface area contributed by atoms with Crippen LogP contribution in [0.5, 0.6) is 11.6 Å². The highest BCUT2D eigenvalue weighted by atomic mass is 35.5. The van der Waals surface area contributed by atoms with Crippen molar-refractivity contribution in [3.63, 3.8) is 0 Å². The first-order valence-corrected chi connectivity index (χ1v) is 7.32. The van der Waals surface area contributed by atoms with Gasteiger partial charge in [0.1, 0.15) is 16.7 Å². The third-order valence-corrected chi connectivity index (χ3v) is 3.13. The number of ether oxygens (including phenoxy) is 2. The average molecular weight is 307 g/mol. The Labute approximate surface area is 130 Å². The van der Waals surface area contributed by atoms with Gasteiger partial charge in [0.25, 0.3) is 0 Å². The van der Waals surface area contributed by atoms with Crippen LogP contribution in [0.15, 0.2) is 24.3 Å². The van der Waals surface area contributed by atoms with Crippen molar-refractivity contribution in [1.29, 1.82) is 0 Å². The quantitative estimate of drug-likeness (QED) is 0.762. The van der Waals surface area contributed by atoms with E-state index >= 15 is 0 Å². The van der Waals surface area contributed by atoms with Crippen LogP contribution in [0.3, 0.4) is 0 Å². The third kappa shape index (κ3) is 4.60. The summed E-state index contributed by atoms with van der Waals surface area (Å²) in [5, 5.41) is 0.384. The van der Waals surface area contributed by atoms with Gasteiger partial charge in [-0.1, -0.05) is 23.7 Å². The predicted molar refractivity (Wildman–Crippen MR) is 83.3 cm³/mol. The van der Waals surface area contributed by atoms with Gasteiger partial charge in [-0.25, -0.2) is 4.98 Å². The number of rotatable bonds is 6. The Balaban J connectivity index is 1.98. The van der Waals surface area contributed by atoms with Crippen molar-refractivity contribution in [3.05, 3.63) is 46.4 Å². The van der Waals surface area contributed by atoms with E-state index in [0.717, 1.165) is 11.3 Å². The second-order valence-corrected chi connectivity index (χ2v) is 5.13. The van der Waals surface area contributed by atoms with E-state index in [0.29, 0.717) is 36.5 Å². The van der Waals surface area contributed by atoms with E-state index in [4.69, 9.17) is 21.1 Å². The molecular weight excluding hydrogens is 288 g/mol. The number of aryl methyl sites for hydroxylation is 2. The molecule has 0 aliphatic heterocycles. The minimum Gasteiger partial charge on any atom is -0.493 e. The van der Waals surface area contributed by atoms with Crippen LogP contribution in [0.25, 0.3) is 0 Å². The molecule has 0 aliphatic carbocycles. The monoisotopic (exact) mass is 306 g/mol. The summed E-state index contributed by atoms with van der Waals surface area (Å²) in [6.07, 6.45) is 0.577. The third-order valence-electron chi connectivity index (χ3n) is 2.94. The van der Waals surface area contributed by atoms with Gasteiger partial charge in [-0.3, -0.25) is 0 Å². The Morgan fingerprint density at radius 3 is 2.67 bits per heavy atom. The normalized spacial score (nSPS) is 10.5. The molecule has 1 heterocycles. The predicted octanol–water partition coefficient (Wildman–Crippen LogP) is 3.77. The first-order valence-electron chi connectivity index (χ1n) is 6.95. The van der Waals surface area contributed by atoms with Crippen LogP contribution >= 0.6 is 11.6 Å². The van der Waals surface area contributed by atoms with Crippen LogP contribution in [0, 0.1) is 13.8 Å². The first-order chi connectivity index (χ1) is 10.1. The second kappa shape index (κ2) is 7.27.